The Bertz CT molecular complexity index is 135. The van der Waals surface area contributed by atoms with Crippen molar-refractivity contribution in [1.82, 2.24) is 4.90 Å². The van der Waals surface area contributed by atoms with Crippen molar-refractivity contribution in [1.29, 1.82) is 0 Å². The number of aliphatic hydroxyl groups excluding tert-OH is 3. The second kappa shape index (κ2) is 7.10. The van der Waals surface area contributed by atoms with Crippen molar-refractivity contribution in [3.05, 3.63) is 0 Å². The van der Waals surface area contributed by atoms with Gasteiger partial charge in [0.25, 0.3) is 0 Å². The zero-order valence-corrected chi connectivity index (χ0v) is 8.63. The molecule has 0 saturated carbocycles. The second-order valence-corrected chi connectivity index (χ2v) is 3.01. The SMILES string of the molecule is CC(O)N(C(C)O)C(CO)OCCN. The topological polar surface area (TPSA) is 99.2 Å². The first kappa shape index (κ1) is 13.8. The molecule has 0 aromatic rings. The van der Waals surface area contributed by atoms with E-state index in [4.69, 9.17) is 15.6 Å². The maximum absolute atomic E-state index is 9.33. The summed E-state index contributed by atoms with van der Waals surface area (Å²) >= 11 is 0. The van der Waals surface area contributed by atoms with Gasteiger partial charge in [0.15, 0.2) is 0 Å². The van der Waals surface area contributed by atoms with E-state index in [2.05, 4.69) is 0 Å². The summed E-state index contributed by atoms with van der Waals surface area (Å²) in [6.45, 7) is 3.25. The Morgan fingerprint density at radius 3 is 2.07 bits per heavy atom. The largest absolute Gasteiger partial charge is 0.392 e. The van der Waals surface area contributed by atoms with Crippen molar-refractivity contribution < 1.29 is 20.1 Å². The number of ether oxygens (including phenoxy) is 1. The molecule has 3 unspecified atom stereocenters. The molecule has 0 aliphatic rings. The Kier molecular flexibility index (Phi) is 6.98. The van der Waals surface area contributed by atoms with Crippen LogP contribution in [0.4, 0.5) is 0 Å². The minimum absolute atomic E-state index is 0.265. The highest BCUT2D eigenvalue weighted by atomic mass is 16.5. The van der Waals surface area contributed by atoms with Crippen LogP contribution in [0.5, 0.6) is 0 Å². The van der Waals surface area contributed by atoms with Crippen LogP contribution in [0.2, 0.25) is 0 Å². The number of rotatable bonds is 7. The number of hydrogen-bond donors (Lipinski definition) is 4. The van der Waals surface area contributed by atoms with Gasteiger partial charge in [-0.2, -0.15) is 0 Å². The Balaban J connectivity index is 4.26. The highest BCUT2D eigenvalue weighted by Gasteiger charge is 2.25. The molecule has 6 heteroatoms. The first-order valence-electron chi connectivity index (χ1n) is 4.60. The average Bonchev–Trinajstić information content (AvgIpc) is 2.10. The third-order valence-corrected chi connectivity index (χ3v) is 1.78. The van der Waals surface area contributed by atoms with Gasteiger partial charge < -0.3 is 25.8 Å². The van der Waals surface area contributed by atoms with Gasteiger partial charge in [0.05, 0.1) is 13.2 Å². The fraction of sp³-hybridized carbons (Fsp3) is 1.00. The van der Waals surface area contributed by atoms with E-state index in [1.165, 1.54) is 18.7 Å². The van der Waals surface area contributed by atoms with E-state index in [0.717, 1.165) is 0 Å². The van der Waals surface area contributed by atoms with Crippen molar-refractivity contribution in [3.63, 3.8) is 0 Å². The molecular weight excluding hydrogens is 188 g/mol. The fourth-order valence-corrected chi connectivity index (χ4v) is 1.23. The number of nitrogens with two attached hydrogens (primary N) is 1. The van der Waals surface area contributed by atoms with E-state index in [0.29, 0.717) is 6.54 Å². The van der Waals surface area contributed by atoms with Crippen molar-refractivity contribution >= 4 is 0 Å². The average molecular weight is 208 g/mol. The quantitative estimate of drug-likeness (QED) is 0.371. The van der Waals surface area contributed by atoms with Crippen LogP contribution in [0.3, 0.4) is 0 Å². The van der Waals surface area contributed by atoms with Crippen molar-refractivity contribution in [3.8, 4) is 0 Å². The third-order valence-electron chi connectivity index (χ3n) is 1.78. The lowest BCUT2D eigenvalue weighted by Crippen LogP contribution is -2.50. The fourth-order valence-electron chi connectivity index (χ4n) is 1.23. The highest BCUT2D eigenvalue weighted by molar-refractivity contribution is 4.64. The molecule has 0 fully saturated rings. The number of hydrogen-bond acceptors (Lipinski definition) is 6. The summed E-state index contributed by atoms with van der Waals surface area (Å²) in [5, 5.41) is 27.6. The van der Waals surface area contributed by atoms with E-state index in [9.17, 15) is 10.2 Å². The lowest BCUT2D eigenvalue weighted by atomic mass is 10.4. The first-order chi connectivity index (χ1) is 6.54. The van der Waals surface area contributed by atoms with Crippen LogP contribution in [0, 0.1) is 0 Å². The molecule has 0 aromatic carbocycles. The van der Waals surface area contributed by atoms with E-state index in [1.807, 2.05) is 0 Å². The molecule has 3 atom stereocenters. The summed E-state index contributed by atoms with van der Waals surface area (Å²) in [5.41, 5.74) is 5.23. The molecule has 0 saturated heterocycles. The summed E-state index contributed by atoms with van der Waals surface area (Å²) in [5.74, 6) is 0. The highest BCUT2D eigenvalue weighted by Crippen LogP contribution is 2.08. The zero-order chi connectivity index (χ0) is 11.1. The van der Waals surface area contributed by atoms with Gasteiger partial charge in [0, 0.05) is 6.54 Å². The van der Waals surface area contributed by atoms with Gasteiger partial charge in [-0.1, -0.05) is 0 Å². The van der Waals surface area contributed by atoms with Gasteiger partial charge in [-0.05, 0) is 13.8 Å². The second-order valence-electron chi connectivity index (χ2n) is 3.01. The van der Waals surface area contributed by atoms with Gasteiger partial charge in [-0.25, -0.2) is 4.90 Å². The Labute approximate surface area is 83.9 Å². The van der Waals surface area contributed by atoms with Crippen LogP contribution in [0.15, 0.2) is 0 Å². The van der Waals surface area contributed by atoms with Gasteiger partial charge in [-0.15, -0.1) is 0 Å². The first-order valence-corrected chi connectivity index (χ1v) is 4.60. The molecule has 5 N–H and O–H groups in total. The van der Waals surface area contributed by atoms with E-state index in [1.54, 1.807) is 0 Å². The van der Waals surface area contributed by atoms with Crippen LogP contribution in [0.25, 0.3) is 0 Å². The van der Waals surface area contributed by atoms with Gasteiger partial charge in [0.2, 0.25) is 0 Å². The van der Waals surface area contributed by atoms with Crippen LogP contribution < -0.4 is 5.73 Å². The van der Waals surface area contributed by atoms with E-state index >= 15 is 0 Å². The molecule has 0 aromatic heterocycles. The summed E-state index contributed by atoms with van der Waals surface area (Å²) in [6, 6.07) is 0. The lowest BCUT2D eigenvalue weighted by Gasteiger charge is -2.34. The minimum Gasteiger partial charge on any atom is -0.392 e. The third kappa shape index (κ3) is 4.32. The molecule has 0 aliphatic heterocycles. The molecule has 0 radical (unpaired) electrons. The van der Waals surface area contributed by atoms with Crippen molar-refractivity contribution in [2.45, 2.75) is 32.5 Å². The van der Waals surface area contributed by atoms with E-state index < -0.39 is 18.7 Å². The molecule has 0 rings (SSSR count). The number of aliphatic hydroxyl groups is 3. The van der Waals surface area contributed by atoms with E-state index in [-0.39, 0.29) is 13.2 Å². The maximum atomic E-state index is 9.33. The predicted molar refractivity (Wildman–Crippen MR) is 51.1 cm³/mol. The molecule has 6 nitrogen and oxygen atoms in total. The Morgan fingerprint density at radius 1 is 1.29 bits per heavy atom. The smallest absolute Gasteiger partial charge is 0.137 e. The molecule has 0 heterocycles. The summed E-state index contributed by atoms with van der Waals surface area (Å²) < 4.78 is 5.16. The van der Waals surface area contributed by atoms with Gasteiger partial charge in [0.1, 0.15) is 18.7 Å². The molecule has 0 spiro atoms. The normalized spacial score (nSPS) is 18.2. The molecule has 0 aliphatic carbocycles. The van der Waals surface area contributed by atoms with Crippen LogP contribution in [0.1, 0.15) is 13.8 Å². The molecule has 0 amide bonds. The van der Waals surface area contributed by atoms with Gasteiger partial charge >= 0.3 is 0 Å². The maximum Gasteiger partial charge on any atom is 0.137 e. The monoisotopic (exact) mass is 208 g/mol. The van der Waals surface area contributed by atoms with Crippen LogP contribution >= 0.6 is 0 Å². The standard InChI is InChI=1S/C8H20N2O4/c1-6(12)10(7(2)13)8(5-11)14-4-3-9/h6-8,11-13H,3-5,9H2,1-2H3. The van der Waals surface area contributed by atoms with Crippen molar-refractivity contribution in [2.24, 2.45) is 5.73 Å². The zero-order valence-electron chi connectivity index (χ0n) is 8.63. The molecule has 86 valence electrons. The lowest BCUT2D eigenvalue weighted by molar-refractivity contribution is -0.196. The molecule has 0 bridgehead atoms. The van der Waals surface area contributed by atoms with Crippen LogP contribution in [-0.4, -0.2) is 58.7 Å². The predicted octanol–water partition coefficient (Wildman–Crippen LogP) is -1.74. The summed E-state index contributed by atoms with van der Waals surface area (Å²) in [7, 11) is 0. The van der Waals surface area contributed by atoms with Crippen molar-refractivity contribution in [2.75, 3.05) is 19.8 Å². The molecule has 14 heavy (non-hydrogen) atoms. The van der Waals surface area contributed by atoms with Gasteiger partial charge in [-0.3, -0.25) is 0 Å². The minimum atomic E-state index is -0.898. The summed E-state index contributed by atoms with van der Waals surface area (Å²) in [4.78, 5) is 1.25. The Morgan fingerprint density at radius 2 is 1.79 bits per heavy atom. The summed E-state index contributed by atoms with van der Waals surface area (Å²) in [6.07, 6.45) is -2.53. The Hall–Kier alpha value is -0.240. The van der Waals surface area contributed by atoms with Crippen LogP contribution in [-0.2, 0) is 4.74 Å². The molecular formula is C8H20N2O4. The number of nitrogens with zero attached hydrogens (tertiary/aromatic N) is 1.